The van der Waals surface area contributed by atoms with Gasteiger partial charge < -0.3 is 4.57 Å². The number of benzene rings is 8. The lowest BCUT2D eigenvalue weighted by molar-refractivity contribution is 1.02. The van der Waals surface area contributed by atoms with Gasteiger partial charge in [-0.2, -0.15) is 0 Å². The predicted octanol–water partition coefficient (Wildman–Crippen LogP) is 14.2. The highest BCUT2D eigenvalue weighted by Gasteiger charge is 2.24. The normalized spacial score (nSPS) is 12.3. The van der Waals surface area contributed by atoms with Crippen LogP contribution in [-0.2, 0) is 0 Å². The molecule has 6 heteroatoms. The first-order valence-electron chi connectivity index (χ1n) is 18.8. The monoisotopic (exact) mass is 748 g/mol. The van der Waals surface area contributed by atoms with Gasteiger partial charge in [-0.1, -0.05) is 109 Å². The van der Waals surface area contributed by atoms with E-state index < -0.39 is 0 Å². The Balaban J connectivity index is 1.19. The lowest BCUT2D eigenvalue weighted by atomic mass is 10.0. The lowest BCUT2D eigenvalue weighted by Crippen LogP contribution is -2.03. The van der Waals surface area contributed by atoms with Crippen LogP contribution in [0.4, 0.5) is 0 Å². The van der Waals surface area contributed by atoms with E-state index in [1.165, 1.54) is 72.9 Å². The molecule has 0 unspecified atom stereocenters. The maximum atomic E-state index is 5.57. The van der Waals surface area contributed by atoms with Gasteiger partial charge in [-0.05, 0) is 60.7 Å². The first-order valence-corrected chi connectivity index (χ1v) is 20.5. The van der Waals surface area contributed by atoms with E-state index in [0.717, 1.165) is 38.9 Å². The van der Waals surface area contributed by atoms with Gasteiger partial charge in [0.15, 0.2) is 0 Å². The fraction of sp³-hybridized carbons (Fsp3) is 0. The van der Waals surface area contributed by atoms with Crippen LogP contribution in [0.3, 0.4) is 0 Å². The highest BCUT2D eigenvalue weighted by Crippen LogP contribution is 2.47. The third-order valence-electron chi connectivity index (χ3n) is 11.5. The minimum Gasteiger partial charge on any atom is -0.309 e. The fourth-order valence-electron chi connectivity index (χ4n) is 9.16. The molecular weight excluding hydrogens is 721 g/mol. The standard InChI is InChI=1S/C50H28N4S2/c1-2-12-30(13-3-1)53-39-19-9-5-14-31(39)34-23-26-43-45(48(34)53)46-44(56-43)27-24-35-32-15-6-10-20-40(32)54(49(35)46)50-51-38-18-8-4-17-36(38)47(52-50)29-22-25-42-37(28-29)33-16-7-11-21-41(33)55-42/h1-28H. The summed E-state index contributed by atoms with van der Waals surface area (Å²) in [6, 6.07) is 61.5. The maximum Gasteiger partial charge on any atom is 0.235 e. The van der Waals surface area contributed by atoms with Gasteiger partial charge in [0.25, 0.3) is 0 Å². The van der Waals surface area contributed by atoms with E-state index in [9.17, 15) is 0 Å². The molecular formula is C50H28N4S2. The molecule has 260 valence electrons. The Morgan fingerprint density at radius 1 is 0.375 bits per heavy atom. The molecule has 0 atom stereocenters. The summed E-state index contributed by atoms with van der Waals surface area (Å²) in [6.07, 6.45) is 0. The van der Waals surface area contributed by atoms with Gasteiger partial charge in [-0.25, -0.2) is 9.97 Å². The molecule has 0 spiro atoms. The van der Waals surface area contributed by atoms with Gasteiger partial charge >= 0.3 is 0 Å². The van der Waals surface area contributed by atoms with Crippen LogP contribution in [0.1, 0.15) is 0 Å². The van der Waals surface area contributed by atoms with Crippen molar-refractivity contribution in [3.05, 3.63) is 170 Å². The van der Waals surface area contributed by atoms with Gasteiger partial charge in [0.2, 0.25) is 5.95 Å². The molecule has 5 aromatic heterocycles. The van der Waals surface area contributed by atoms with Gasteiger partial charge in [0.05, 0.1) is 33.3 Å². The Morgan fingerprint density at radius 2 is 0.929 bits per heavy atom. The molecule has 8 aromatic carbocycles. The number of hydrogen-bond donors (Lipinski definition) is 0. The minimum atomic E-state index is 0.669. The molecule has 0 saturated heterocycles. The van der Waals surface area contributed by atoms with Crippen LogP contribution < -0.4 is 0 Å². The van der Waals surface area contributed by atoms with Gasteiger partial charge in [0.1, 0.15) is 0 Å². The molecule has 0 aliphatic rings. The van der Waals surface area contributed by atoms with E-state index in [-0.39, 0.29) is 0 Å². The van der Waals surface area contributed by atoms with E-state index in [1.807, 2.05) is 22.7 Å². The summed E-state index contributed by atoms with van der Waals surface area (Å²) < 4.78 is 9.87. The van der Waals surface area contributed by atoms with Crippen LogP contribution >= 0.6 is 22.7 Å². The molecule has 0 aliphatic carbocycles. The molecule has 0 bridgehead atoms. The Kier molecular flexibility index (Phi) is 6.17. The fourth-order valence-corrected chi connectivity index (χ4v) is 11.4. The zero-order valence-corrected chi connectivity index (χ0v) is 31.4. The molecule has 0 saturated carbocycles. The zero-order chi connectivity index (χ0) is 36.5. The van der Waals surface area contributed by atoms with Crippen LogP contribution in [0, 0.1) is 0 Å². The minimum absolute atomic E-state index is 0.669. The van der Waals surface area contributed by atoms with E-state index in [2.05, 4.69) is 179 Å². The SMILES string of the molecule is c1ccc(-n2c3ccccc3c3ccc4sc5ccc6c7ccccc7n(-c7nc(-c8ccc9sc%10ccccc%10c9c8)c8ccccc8n7)c6c5c4c32)cc1. The topological polar surface area (TPSA) is 35.6 Å². The van der Waals surface area contributed by atoms with Gasteiger partial charge in [-0.15, -0.1) is 22.7 Å². The largest absolute Gasteiger partial charge is 0.309 e. The van der Waals surface area contributed by atoms with Crippen LogP contribution in [-0.4, -0.2) is 19.1 Å². The number of aromatic nitrogens is 4. The highest BCUT2D eigenvalue weighted by molar-refractivity contribution is 7.26. The molecule has 5 heterocycles. The summed E-state index contributed by atoms with van der Waals surface area (Å²) in [6.45, 7) is 0. The summed E-state index contributed by atoms with van der Waals surface area (Å²) in [7, 11) is 0. The highest BCUT2D eigenvalue weighted by atomic mass is 32.1. The van der Waals surface area contributed by atoms with Crippen molar-refractivity contribution in [1.82, 2.24) is 19.1 Å². The van der Waals surface area contributed by atoms with E-state index >= 15 is 0 Å². The first-order chi connectivity index (χ1) is 27.8. The molecule has 56 heavy (non-hydrogen) atoms. The van der Waals surface area contributed by atoms with E-state index in [1.54, 1.807) is 0 Å². The molecule has 4 nitrogen and oxygen atoms in total. The third-order valence-corrected chi connectivity index (χ3v) is 13.8. The van der Waals surface area contributed by atoms with Crippen molar-refractivity contribution in [2.45, 2.75) is 0 Å². The van der Waals surface area contributed by atoms with Crippen LogP contribution in [0.5, 0.6) is 0 Å². The molecule has 0 N–H and O–H groups in total. The van der Waals surface area contributed by atoms with Crippen molar-refractivity contribution < 1.29 is 0 Å². The Hall–Kier alpha value is -6.86. The summed E-state index contributed by atoms with van der Waals surface area (Å²) in [5.41, 5.74) is 8.73. The van der Waals surface area contributed by atoms with Crippen molar-refractivity contribution in [3.8, 4) is 22.9 Å². The van der Waals surface area contributed by atoms with E-state index in [0.29, 0.717) is 5.95 Å². The molecule has 0 fully saturated rings. The third kappa shape index (κ3) is 4.12. The van der Waals surface area contributed by atoms with Gasteiger partial charge in [0, 0.05) is 78.5 Å². The second-order valence-corrected chi connectivity index (χ2v) is 16.7. The maximum absolute atomic E-state index is 5.57. The molecule has 0 radical (unpaired) electrons. The number of hydrogen-bond acceptors (Lipinski definition) is 4. The van der Waals surface area contributed by atoms with Crippen LogP contribution in [0.25, 0.3) is 118 Å². The summed E-state index contributed by atoms with van der Waals surface area (Å²) in [5, 5.41) is 10.9. The Bertz CT molecular complexity index is 3770. The van der Waals surface area contributed by atoms with Crippen molar-refractivity contribution in [2.24, 2.45) is 0 Å². The zero-order valence-electron chi connectivity index (χ0n) is 29.8. The van der Waals surface area contributed by atoms with Crippen molar-refractivity contribution in [3.63, 3.8) is 0 Å². The predicted molar refractivity (Wildman–Crippen MR) is 239 cm³/mol. The number of thiophene rings is 2. The average Bonchev–Trinajstić information content (AvgIpc) is 4.00. The molecule has 0 aliphatic heterocycles. The number of para-hydroxylation sites is 4. The van der Waals surface area contributed by atoms with Gasteiger partial charge in [-0.3, -0.25) is 4.57 Å². The number of rotatable bonds is 3. The quantitative estimate of drug-likeness (QED) is 0.180. The number of fused-ring (bicyclic) bond motifs is 15. The van der Waals surface area contributed by atoms with Crippen LogP contribution in [0.15, 0.2) is 170 Å². The van der Waals surface area contributed by atoms with Crippen molar-refractivity contribution in [1.29, 1.82) is 0 Å². The Labute approximate surface area is 327 Å². The van der Waals surface area contributed by atoms with Crippen molar-refractivity contribution in [2.75, 3.05) is 0 Å². The second-order valence-electron chi connectivity index (χ2n) is 14.5. The molecule has 13 aromatic rings. The second kappa shape index (κ2) is 11.3. The first kappa shape index (κ1) is 30.5. The lowest BCUT2D eigenvalue weighted by Gasteiger charge is -2.13. The summed E-state index contributed by atoms with van der Waals surface area (Å²) in [4.78, 5) is 11.0. The van der Waals surface area contributed by atoms with Crippen LogP contribution in [0.2, 0.25) is 0 Å². The van der Waals surface area contributed by atoms with Crippen molar-refractivity contribution >= 4 is 118 Å². The summed E-state index contributed by atoms with van der Waals surface area (Å²) >= 11 is 3.70. The smallest absolute Gasteiger partial charge is 0.235 e. The summed E-state index contributed by atoms with van der Waals surface area (Å²) in [5.74, 6) is 0.669. The Morgan fingerprint density at radius 3 is 1.68 bits per heavy atom. The molecule has 13 rings (SSSR count). The van der Waals surface area contributed by atoms with E-state index in [4.69, 9.17) is 9.97 Å². The molecule has 0 amide bonds. The number of nitrogens with zero attached hydrogens (tertiary/aromatic N) is 4. The average molecular weight is 749 g/mol.